The van der Waals surface area contributed by atoms with Gasteiger partial charge in [0.1, 0.15) is 0 Å². The molecule has 3 aromatic carbocycles. The predicted octanol–water partition coefficient (Wildman–Crippen LogP) is 5.07. The minimum absolute atomic E-state index is 0.0224. The minimum Gasteiger partial charge on any atom is -0.436 e. The fourth-order valence-corrected chi connectivity index (χ4v) is 6.13. The lowest BCUT2D eigenvalue weighted by Crippen LogP contribution is -2.14. The number of anilines is 2. The maximum Gasteiger partial charge on any atom is 0.263 e. The van der Waals surface area contributed by atoms with Crippen LogP contribution in [0.3, 0.4) is 0 Å². The maximum absolute atomic E-state index is 12.8. The van der Waals surface area contributed by atoms with E-state index < -0.39 is 20.0 Å². The Bertz CT molecular complexity index is 1680. The molecule has 2 heterocycles. The molecule has 182 valence electrons. The number of nitrogens with zero attached hydrogens (tertiary/aromatic N) is 2. The first-order valence-corrected chi connectivity index (χ1v) is 14.3. The van der Waals surface area contributed by atoms with Gasteiger partial charge in [0.05, 0.1) is 16.0 Å². The van der Waals surface area contributed by atoms with E-state index in [0.717, 1.165) is 16.9 Å². The molecule has 36 heavy (non-hydrogen) atoms. The minimum atomic E-state index is -3.91. The van der Waals surface area contributed by atoms with Gasteiger partial charge in [-0.1, -0.05) is 30.3 Å². The van der Waals surface area contributed by atoms with E-state index in [-0.39, 0.29) is 20.6 Å². The van der Waals surface area contributed by atoms with Crippen LogP contribution in [0.25, 0.3) is 22.8 Å². The SMILES string of the molecule is O=S(=O)(Nc1ccc(S(=O)(=O)Nc2nccs2)cc1)c1ccc(-c2ncc(-c3ccccc3)o2)cc1. The molecule has 0 aliphatic carbocycles. The van der Waals surface area contributed by atoms with Crippen LogP contribution >= 0.6 is 11.3 Å². The third-order valence-corrected chi connectivity index (χ3v) is 8.62. The Morgan fingerprint density at radius 2 is 1.33 bits per heavy atom. The molecule has 0 fully saturated rings. The lowest BCUT2D eigenvalue weighted by Gasteiger charge is -2.10. The summed E-state index contributed by atoms with van der Waals surface area (Å²) in [6.07, 6.45) is 3.10. The van der Waals surface area contributed by atoms with Crippen molar-refractivity contribution < 1.29 is 21.3 Å². The molecule has 0 atom stereocenters. The lowest BCUT2D eigenvalue weighted by atomic mass is 10.2. The molecule has 0 spiro atoms. The van der Waals surface area contributed by atoms with E-state index in [1.807, 2.05) is 30.3 Å². The van der Waals surface area contributed by atoms with Crippen LogP contribution in [-0.4, -0.2) is 26.8 Å². The van der Waals surface area contributed by atoms with Crippen LogP contribution < -0.4 is 9.44 Å². The third-order valence-electron chi connectivity index (χ3n) is 5.05. The summed E-state index contributed by atoms with van der Waals surface area (Å²) in [6.45, 7) is 0. The van der Waals surface area contributed by atoms with Crippen molar-refractivity contribution in [3.8, 4) is 22.8 Å². The molecule has 0 saturated heterocycles. The number of oxazole rings is 1. The van der Waals surface area contributed by atoms with Gasteiger partial charge in [-0.05, 0) is 48.5 Å². The summed E-state index contributed by atoms with van der Waals surface area (Å²) in [6, 6.07) is 21.0. The maximum atomic E-state index is 12.8. The van der Waals surface area contributed by atoms with Crippen LogP contribution in [0.1, 0.15) is 0 Å². The van der Waals surface area contributed by atoms with Crippen LogP contribution in [0, 0.1) is 0 Å². The first-order chi connectivity index (χ1) is 17.3. The van der Waals surface area contributed by atoms with Crippen molar-refractivity contribution in [2.75, 3.05) is 9.44 Å². The Hall–Kier alpha value is -4.00. The lowest BCUT2D eigenvalue weighted by molar-refractivity contribution is 0.588. The Morgan fingerprint density at radius 3 is 1.97 bits per heavy atom. The van der Waals surface area contributed by atoms with E-state index >= 15 is 0 Å². The summed E-state index contributed by atoms with van der Waals surface area (Å²) in [5.41, 5.74) is 1.73. The number of nitrogens with one attached hydrogen (secondary N) is 2. The predicted molar refractivity (Wildman–Crippen MR) is 138 cm³/mol. The molecule has 0 saturated carbocycles. The van der Waals surface area contributed by atoms with E-state index in [1.54, 1.807) is 23.7 Å². The fraction of sp³-hybridized carbons (Fsp3) is 0. The van der Waals surface area contributed by atoms with Crippen LogP contribution in [0.4, 0.5) is 10.8 Å². The monoisotopic (exact) mass is 538 g/mol. The summed E-state index contributed by atoms with van der Waals surface area (Å²) in [5, 5.41) is 1.89. The van der Waals surface area contributed by atoms with Crippen molar-refractivity contribution in [2.24, 2.45) is 0 Å². The summed E-state index contributed by atoms with van der Waals surface area (Å²) in [4.78, 5) is 8.19. The van der Waals surface area contributed by atoms with E-state index in [2.05, 4.69) is 19.4 Å². The van der Waals surface area contributed by atoms with Gasteiger partial charge in [-0.3, -0.25) is 9.44 Å². The van der Waals surface area contributed by atoms with Gasteiger partial charge in [-0.25, -0.2) is 26.8 Å². The smallest absolute Gasteiger partial charge is 0.263 e. The number of hydrogen-bond acceptors (Lipinski definition) is 8. The number of hydrogen-bond donors (Lipinski definition) is 2. The summed E-state index contributed by atoms with van der Waals surface area (Å²) >= 11 is 1.15. The third kappa shape index (κ3) is 5.15. The van der Waals surface area contributed by atoms with Gasteiger partial charge >= 0.3 is 0 Å². The van der Waals surface area contributed by atoms with E-state index in [9.17, 15) is 16.8 Å². The number of sulfonamides is 2. The Morgan fingerprint density at radius 1 is 0.694 bits per heavy atom. The van der Waals surface area contributed by atoms with Crippen molar-refractivity contribution in [3.63, 3.8) is 0 Å². The number of aromatic nitrogens is 2. The highest BCUT2D eigenvalue weighted by atomic mass is 32.2. The highest BCUT2D eigenvalue weighted by Crippen LogP contribution is 2.27. The van der Waals surface area contributed by atoms with Crippen molar-refractivity contribution in [1.29, 1.82) is 0 Å². The summed E-state index contributed by atoms with van der Waals surface area (Å²) < 4.78 is 61.2. The van der Waals surface area contributed by atoms with Gasteiger partial charge in [-0.2, -0.15) is 0 Å². The fourth-order valence-electron chi connectivity index (χ4n) is 3.28. The largest absolute Gasteiger partial charge is 0.436 e. The highest BCUT2D eigenvalue weighted by molar-refractivity contribution is 7.93. The zero-order chi connectivity index (χ0) is 25.2. The second-order valence-electron chi connectivity index (χ2n) is 7.49. The van der Waals surface area contributed by atoms with Crippen LogP contribution in [0.15, 0.2) is 111 Å². The van der Waals surface area contributed by atoms with Crippen molar-refractivity contribution >= 4 is 42.2 Å². The second-order valence-corrected chi connectivity index (χ2v) is 11.8. The second kappa shape index (κ2) is 9.57. The molecule has 0 aliphatic rings. The Balaban J connectivity index is 1.29. The van der Waals surface area contributed by atoms with Gasteiger partial charge in [0.25, 0.3) is 20.0 Å². The molecule has 0 bridgehead atoms. The molecular weight excluding hydrogens is 520 g/mol. The zero-order valence-electron chi connectivity index (χ0n) is 18.4. The van der Waals surface area contributed by atoms with E-state index in [1.165, 1.54) is 42.6 Å². The van der Waals surface area contributed by atoms with Gasteiger partial charge in [0.15, 0.2) is 10.9 Å². The quantitative estimate of drug-likeness (QED) is 0.282. The molecule has 0 amide bonds. The van der Waals surface area contributed by atoms with Crippen LogP contribution in [0.2, 0.25) is 0 Å². The highest BCUT2D eigenvalue weighted by Gasteiger charge is 2.18. The number of thiazole rings is 1. The first kappa shape index (κ1) is 23.7. The summed E-state index contributed by atoms with van der Waals surface area (Å²) in [5.74, 6) is 0.977. The molecule has 0 aliphatic heterocycles. The van der Waals surface area contributed by atoms with Crippen LogP contribution in [0.5, 0.6) is 0 Å². The van der Waals surface area contributed by atoms with Crippen molar-refractivity contribution in [1.82, 2.24) is 9.97 Å². The molecule has 5 aromatic rings. The zero-order valence-corrected chi connectivity index (χ0v) is 20.8. The Kier molecular flexibility index (Phi) is 6.31. The normalized spacial score (nSPS) is 11.8. The van der Waals surface area contributed by atoms with E-state index in [0.29, 0.717) is 17.2 Å². The first-order valence-electron chi connectivity index (χ1n) is 10.5. The molecular formula is C24H18N4O5S3. The van der Waals surface area contributed by atoms with Gasteiger partial charge in [0.2, 0.25) is 5.89 Å². The molecule has 12 heteroatoms. The average Bonchev–Trinajstić information content (AvgIpc) is 3.57. The van der Waals surface area contributed by atoms with Gasteiger partial charge in [0, 0.05) is 28.4 Å². The summed E-state index contributed by atoms with van der Waals surface area (Å²) in [7, 11) is -7.75. The van der Waals surface area contributed by atoms with Crippen molar-refractivity contribution in [3.05, 3.63) is 96.6 Å². The van der Waals surface area contributed by atoms with E-state index in [4.69, 9.17) is 4.42 Å². The average molecular weight is 539 g/mol. The Labute approximate surface area is 211 Å². The number of benzene rings is 3. The molecule has 2 aromatic heterocycles. The molecule has 0 unspecified atom stereocenters. The molecule has 5 rings (SSSR count). The molecule has 2 N–H and O–H groups in total. The van der Waals surface area contributed by atoms with Gasteiger partial charge < -0.3 is 4.42 Å². The van der Waals surface area contributed by atoms with Crippen molar-refractivity contribution in [2.45, 2.75) is 9.79 Å². The number of rotatable bonds is 8. The topological polar surface area (TPSA) is 131 Å². The van der Waals surface area contributed by atoms with Crippen LogP contribution in [-0.2, 0) is 20.0 Å². The molecule has 0 radical (unpaired) electrons. The van der Waals surface area contributed by atoms with Gasteiger partial charge in [-0.15, -0.1) is 11.3 Å². The standard InChI is InChI=1S/C24H18N4O5S3/c29-35(30,27-19-8-12-21(13-9-19)36(31,32)28-24-25-14-15-34-24)20-10-6-18(7-11-20)23-26-16-22(33-23)17-4-2-1-3-5-17/h1-16,27H,(H,25,28). The molecule has 9 nitrogen and oxygen atoms in total.